The van der Waals surface area contributed by atoms with Crippen molar-refractivity contribution in [2.24, 2.45) is 10.9 Å². The summed E-state index contributed by atoms with van der Waals surface area (Å²) in [5, 5.41) is 8.97. The van der Waals surface area contributed by atoms with Crippen LogP contribution in [0.25, 0.3) is 0 Å². The van der Waals surface area contributed by atoms with Crippen LogP contribution in [0.1, 0.15) is 18.4 Å². The zero-order valence-corrected chi connectivity index (χ0v) is 14.7. The lowest BCUT2D eigenvalue weighted by atomic mass is 10.2. The summed E-state index contributed by atoms with van der Waals surface area (Å²) in [4.78, 5) is 14.2. The highest BCUT2D eigenvalue weighted by molar-refractivity contribution is 7.89. The Hall–Kier alpha value is -2.23. The number of primary sulfonamides is 1. The van der Waals surface area contributed by atoms with E-state index in [2.05, 4.69) is 5.10 Å². The number of nitrogens with zero attached hydrogens (tertiary/aromatic N) is 3. The molecule has 1 amide bonds. The molecule has 0 unspecified atom stereocenters. The number of benzene rings is 1. The summed E-state index contributed by atoms with van der Waals surface area (Å²) in [6, 6.07) is 9.72. The Morgan fingerprint density at radius 1 is 1.24 bits per heavy atom. The first-order valence-electron chi connectivity index (χ1n) is 7.97. The summed E-state index contributed by atoms with van der Waals surface area (Å²) >= 11 is 0. The van der Waals surface area contributed by atoms with Gasteiger partial charge in [0, 0.05) is 32.3 Å². The van der Waals surface area contributed by atoms with Gasteiger partial charge in [0.05, 0.1) is 6.20 Å². The second kappa shape index (κ2) is 8.75. The minimum atomic E-state index is -3.78. The maximum atomic E-state index is 12.5. The number of carbonyl (C=O) groups is 1. The monoisotopic (exact) mass is 365 g/mol. The van der Waals surface area contributed by atoms with Gasteiger partial charge in [-0.15, -0.1) is 0 Å². The summed E-state index contributed by atoms with van der Waals surface area (Å²) in [7, 11) is -3.78. The fourth-order valence-corrected chi connectivity index (χ4v) is 2.82. The van der Waals surface area contributed by atoms with E-state index in [9.17, 15) is 13.2 Å². The van der Waals surface area contributed by atoms with Crippen molar-refractivity contribution in [2.75, 3.05) is 13.1 Å². The molecule has 0 bridgehead atoms. The molecule has 1 aromatic carbocycles. The maximum Gasteiger partial charge on any atom is 0.241 e. The van der Waals surface area contributed by atoms with E-state index in [4.69, 9.17) is 10.9 Å². The van der Waals surface area contributed by atoms with Crippen molar-refractivity contribution in [3.63, 3.8) is 0 Å². The summed E-state index contributed by atoms with van der Waals surface area (Å²) in [6.07, 6.45) is 3.43. The quantitative estimate of drug-likeness (QED) is 0.661. The van der Waals surface area contributed by atoms with Gasteiger partial charge in [-0.1, -0.05) is 30.3 Å². The van der Waals surface area contributed by atoms with Crippen LogP contribution >= 0.6 is 0 Å². The molecule has 1 aromatic heterocycles. The van der Waals surface area contributed by atoms with E-state index in [1.807, 2.05) is 30.3 Å². The molecule has 1 heterocycles. The van der Waals surface area contributed by atoms with E-state index in [1.165, 1.54) is 17.1 Å². The lowest BCUT2D eigenvalue weighted by Gasteiger charge is -2.22. The normalized spacial score (nSPS) is 11.4. The van der Waals surface area contributed by atoms with E-state index in [0.29, 0.717) is 19.6 Å². The first kappa shape index (κ1) is 19.1. The third kappa shape index (κ3) is 5.96. The molecule has 0 aliphatic heterocycles. The lowest BCUT2D eigenvalue weighted by Crippen LogP contribution is -2.33. The van der Waals surface area contributed by atoms with Gasteiger partial charge in [-0.05, 0) is 18.5 Å². The van der Waals surface area contributed by atoms with Gasteiger partial charge < -0.3 is 10.6 Å². The van der Waals surface area contributed by atoms with Crippen LogP contribution in [-0.4, -0.2) is 42.1 Å². The molecule has 136 valence electrons. The minimum absolute atomic E-state index is 0.0371. The maximum absolute atomic E-state index is 12.5. The molecule has 0 radical (unpaired) electrons. The highest BCUT2D eigenvalue weighted by atomic mass is 32.2. The first-order chi connectivity index (χ1) is 11.9. The third-order valence-electron chi connectivity index (χ3n) is 3.69. The topological polar surface area (TPSA) is 124 Å². The molecular formula is C16H23N5O3S. The smallest absolute Gasteiger partial charge is 0.241 e. The van der Waals surface area contributed by atoms with Crippen LogP contribution in [0.4, 0.5) is 0 Å². The van der Waals surface area contributed by atoms with Crippen LogP contribution in [-0.2, 0) is 27.9 Å². The summed E-state index contributed by atoms with van der Waals surface area (Å²) < 4.78 is 23.9. The molecule has 0 spiro atoms. The predicted octanol–water partition coefficient (Wildman–Crippen LogP) is 0.298. The molecular weight excluding hydrogens is 342 g/mol. The molecule has 2 aromatic rings. The largest absolute Gasteiger partial charge is 0.338 e. The number of amides is 1. The van der Waals surface area contributed by atoms with Gasteiger partial charge >= 0.3 is 0 Å². The van der Waals surface area contributed by atoms with Crippen LogP contribution in [0.15, 0.2) is 47.6 Å². The second-order valence-electron chi connectivity index (χ2n) is 5.68. The SMILES string of the molecule is NCCCN(Cc1ccccc1)C(=O)CCn1cc(S(N)(=O)=O)cn1. The zero-order valence-electron chi connectivity index (χ0n) is 13.9. The van der Waals surface area contributed by atoms with Gasteiger partial charge in [0.2, 0.25) is 15.9 Å². The summed E-state index contributed by atoms with van der Waals surface area (Å²) in [6.45, 7) is 1.88. The van der Waals surface area contributed by atoms with Crippen LogP contribution in [0.5, 0.6) is 0 Å². The fraction of sp³-hybridized carbons (Fsp3) is 0.375. The number of rotatable bonds is 9. The number of aromatic nitrogens is 2. The number of hydrogen-bond donors (Lipinski definition) is 2. The first-order valence-corrected chi connectivity index (χ1v) is 9.52. The van der Waals surface area contributed by atoms with Gasteiger partial charge in [-0.25, -0.2) is 13.6 Å². The average molecular weight is 365 g/mol. The summed E-state index contributed by atoms with van der Waals surface area (Å²) in [5.41, 5.74) is 6.60. The van der Waals surface area contributed by atoms with E-state index in [0.717, 1.165) is 12.0 Å². The van der Waals surface area contributed by atoms with Gasteiger partial charge in [0.15, 0.2) is 0 Å². The number of nitrogens with two attached hydrogens (primary N) is 2. The van der Waals surface area contributed by atoms with Crippen molar-refractivity contribution >= 4 is 15.9 Å². The zero-order chi connectivity index (χ0) is 18.3. The van der Waals surface area contributed by atoms with Crippen molar-refractivity contribution < 1.29 is 13.2 Å². The van der Waals surface area contributed by atoms with Crippen LogP contribution in [0.3, 0.4) is 0 Å². The standard InChI is InChI=1S/C16H23N5O3S/c17-8-4-9-20(12-14-5-2-1-3-6-14)16(22)7-10-21-13-15(11-19-21)25(18,23)24/h1-3,5-6,11,13H,4,7-10,12,17H2,(H2,18,23,24). The Morgan fingerprint density at radius 3 is 2.56 bits per heavy atom. The van der Waals surface area contributed by atoms with Crippen molar-refractivity contribution in [1.29, 1.82) is 0 Å². The molecule has 0 aliphatic carbocycles. The van der Waals surface area contributed by atoms with Crippen molar-refractivity contribution in [1.82, 2.24) is 14.7 Å². The van der Waals surface area contributed by atoms with Crippen molar-refractivity contribution in [2.45, 2.75) is 30.8 Å². The molecule has 0 atom stereocenters. The van der Waals surface area contributed by atoms with E-state index < -0.39 is 10.0 Å². The Morgan fingerprint density at radius 2 is 1.96 bits per heavy atom. The van der Waals surface area contributed by atoms with Gasteiger partial charge in [0.25, 0.3) is 0 Å². The van der Waals surface area contributed by atoms with Gasteiger partial charge in [-0.2, -0.15) is 5.10 Å². The fourth-order valence-electron chi connectivity index (χ4n) is 2.36. The lowest BCUT2D eigenvalue weighted by molar-refractivity contribution is -0.132. The molecule has 25 heavy (non-hydrogen) atoms. The summed E-state index contributed by atoms with van der Waals surface area (Å²) in [5.74, 6) is -0.0371. The van der Waals surface area contributed by atoms with Gasteiger partial charge in [0.1, 0.15) is 4.90 Å². The number of hydrogen-bond acceptors (Lipinski definition) is 5. The van der Waals surface area contributed by atoms with Crippen LogP contribution in [0.2, 0.25) is 0 Å². The molecule has 0 fully saturated rings. The Bertz CT molecular complexity index is 789. The molecule has 8 nitrogen and oxygen atoms in total. The minimum Gasteiger partial charge on any atom is -0.338 e. The van der Waals surface area contributed by atoms with Crippen molar-refractivity contribution in [3.8, 4) is 0 Å². The van der Waals surface area contributed by atoms with E-state index in [1.54, 1.807) is 4.90 Å². The Kier molecular flexibility index (Phi) is 6.68. The van der Waals surface area contributed by atoms with Crippen LogP contribution < -0.4 is 10.9 Å². The third-order valence-corrected chi connectivity index (χ3v) is 4.56. The Balaban J connectivity index is 1.97. The number of carbonyl (C=O) groups excluding carboxylic acids is 1. The molecule has 2 rings (SSSR count). The highest BCUT2D eigenvalue weighted by Gasteiger charge is 2.15. The molecule has 0 saturated heterocycles. The van der Waals surface area contributed by atoms with Crippen molar-refractivity contribution in [3.05, 3.63) is 48.3 Å². The molecule has 0 saturated carbocycles. The molecule has 4 N–H and O–H groups in total. The second-order valence-corrected chi connectivity index (χ2v) is 7.24. The predicted molar refractivity (Wildman–Crippen MR) is 93.7 cm³/mol. The Labute approximate surface area is 147 Å². The van der Waals surface area contributed by atoms with Gasteiger partial charge in [-0.3, -0.25) is 9.48 Å². The molecule has 9 heteroatoms. The van der Waals surface area contributed by atoms with E-state index in [-0.39, 0.29) is 23.8 Å². The van der Waals surface area contributed by atoms with Crippen LogP contribution in [0, 0.1) is 0 Å². The number of sulfonamides is 1. The number of aryl methyl sites for hydroxylation is 1. The highest BCUT2D eigenvalue weighted by Crippen LogP contribution is 2.09. The average Bonchev–Trinajstić information content (AvgIpc) is 3.06. The molecule has 0 aliphatic rings. The van der Waals surface area contributed by atoms with E-state index >= 15 is 0 Å².